The number of aromatic amines is 1. The van der Waals surface area contributed by atoms with Crippen molar-refractivity contribution in [2.45, 2.75) is 38.1 Å². The molecule has 3 heterocycles. The number of nitrogens with one attached hydrogen (secondary N) is 2. The number of carbonyl (C=O) groups is 1. The molecule has 1 amide bonds. The van der Waals surface area contributed by atoms with Crippen molar-refractivity contribution in [1.82, 2.24) is 15.2 Å². The van der Waals surface area contributed by atoms with Crippen LogP contribution in [0.15, 0.2) is 24.3 Å². The van der Waals surface area contributed by atoms with E-state index in [0.717, 1.165) is 17.4 Å². The summed E-state index contributed by atoms with van der Waals surface area (Å²) in [5.74, 6) is 0.547. The van der Waals surface area contributed by atoms with E-state index in [2.05, 4.69) is 15.2 Å². The van der Waals surface area contributed by atoms with E-state index in [4.69, 9.17) is 11.6 Å². The first-order chi connectivity index (χ1) is 11.7. The van der Waals surface area contributed by atoms with Gasteiger partial charge in [-0.25, -0.2) is 0 Å². The Morgan fingerprint density at radius 1 is 1.25 bits per heavy atom. The highest BCUT2D eigenvalue weighted by Gasteiger charge is 2.33. The molecular formula is C19H24ClN3O. The zero-order valence-electron chi connectivity index (χ0n) is 13.9. The van der Waals surface area contributed by atoms with Gasteiger partial charge in [0.2, 0.25) is 0 Å². The van der Waals surface area contributed by atoms with Gasteiger partial charge in [-0.1, -0.05) is 24.1 Å². The van der Waals surface area contributed by atoms with Crippen molar-refractivity contribution in [3.63, 3.8) is 0 Å². The Balaban J connectivity index is 1.42. The largest absolute Gasteiger partial charge is 0.350 e. The highest BCUT2D eigenvalue weighted by molar-refractivity contribution is 6.35. The molecule has 4 rings (SSSR count). The molecule has 2 fully saturated rings. The topological polar surface area (TPSA) is 48.1 Å². The van der Waals surface area contributed by atoms with Gasteiger partial charge in [0.1, 0.15) is 5.69 Å². The number of rotatable bonds is 3. The molecule has 2 aliphatic rings. The maximum atomic E-state index is 12.5. The third kappa shape index (κ3) is 3.05. The number of halogens is 1. The zero-order chi connectivity index (χ0) is 16.5. The number of carbonyl (C=O) groups excluding carboxylic acids is 1. The smallest absolute Gasteiger partial charge is 0.267 e. The van der Waals surface area contributed by atoms with Crippen LogP contribution in [0.4, 0.5) is 0 Å². The number of fused-ring (bicyclic) bond motifs is 2. The molecule has 0 saturated carbocycles. The van der Waals surface area contributed by atoms with E-state index >= 15 is 0 Å². The van der Waals surface area contributed by atoms with E-state index in [-0.39, 0.29) is 5.91 Å². The summed E-state index contributed by atoms with van der Waals surface area (Å²) in [7, 11) is 0. The normalized spacial score (nSPS) is 24.7. The van der Waals surface area contributed by atoms with Gasteiger partial charge in [0.25, 0.3) is 5.91 Å². The minimum atomic E-state index is -0.0322. The first-order valence-corrected chi connectivity index (χ1v) is 9.39. The maximum Gasteiger partial charge on any atom is 0.267 e. The summed E-state index contributed by atoms with van der Waals surface area (Å²) in [5.41, 5.74) is 1.50. The monoisotopic (exact) mass is 345 g/mol. The predicted octanol–water partition coefficient (Wildman–Crippen LogP) is 3.82. The Bertz CT molecular complexity index is 739. The number of aromatic nitrogens is 1. The molecule has 2 N–H and O–H groups in total. The molecule has 0 spiro atoms. The fourth-order valence-electron chi connectivity index (χ4n) is 4.37. The van der Waals surface area contributed by atoms with Gasteiger partial charge in [-0.15, -0.1) is 0 Å². The summed E-state index contributed by atoms with van der Waals surface area (Å²) >= 11 is 6.19. The van der Waals surface area contributed by atoms with Gasteiger partial charge in [-0.3, -0.25) is 4.79 Å². The second-order valence-electron chi connectivity index (χ2n) is 7.10. The Labute approximate surface area is 147 Å². The summed E-state index contributed by atoms with van der Waals surface area (Å²) in [5, 5.41) is 4.72. The Hall–Kier alpha value is -1.52. The first kappa shape index (κ1) is 16.0. The molecule has 0 bridgehead atoms. The highest BCUT2D eigenvalue weighted by Crippen LogP contribution is 2.30. The van der Waals surface area contributed by atoms with E-state index in [1.54, 1.807) is 0 Å². The van der Waals surface area contributed by atoms with Crippen LogP contribution in [0.2, 0.25) is 5.02 Å². The quantitative estimate of drug-likeness (QED) is 0.888. The lowest BCUT2D eigenvalue weighted by molar-refractivity contribution is 0.0575. The number of amides is 1. The van der Waals surface area contributed by atoms with Crippen LogP contribution in [0.1, 0.15) is 42.6 Å². The van der Waals surface area contributed by atoms with E-state index < -0.39 is 0 Å². The van der Waals surface area contributed by atoms with Gasteiger partial charge in [0, 0.05) is 28.5 Å². The van der Waals surface area contributed by atoms with Crippen LogP contribution < -0.4 is 5.32 Å². The lowest BCUT2D eigenvalue weighted by Gasteiger charge is -2.44. The molecule has 2 aromatic rings. The lowest BCUT2D eigenvalue weighted by Crippen LogP contribution is -2.51. The van der Waals surface area contributed by atoms with Gasteiger partial charge in [-0.2, -0.15) is 0 Å². The van der Waals surface area contributed by atoms with Gasteiger partial charge in [-0.05, 0) is 62.9 Å². The maximum absolute atomic E-state index is 12.5. The van der Waals surface area contributed by atoms with Crippen molar-refractivity contribution >= 4 is 28.4 Å². The van der Waals surface area contributed by atoms with Crippen molar-refractivity contribution < 1.29 is 4.79 Å². The van der Waals surface area contributed by atoms with Gasteiger partial charge in [0.15, 0.2) is 0 Å². The van der Waals surface area contributed by atoms with E-state index in [9.17, 15) is 4.79 Å². The second kappa shape index (κ2) is 6.77. The number of H-pyrrole nitrogens is 1. The predicted molar refractivity (Wildman–Crippen MR) is 97.6 cm³/mol. The zero-order valence-corrected chi connectivity index (χ0v) is 14.6. The number of hydrogen-bond acceptors (Lipinski definition) is 2. The Morgan fingerprint density at radius 3 is 3.00 bits per heavy atom. The summed E-state index contributed by atoms with van der Waals surface area (Å²) in [6.45, 7) is 3.23. The van der Waals surface area contributed by atoms with Crippen molar-refractivity contribution in [3.05, 3.63) is 35.0 Å². The van der Waals surface area contributed by atoms with Crippen molar-refractivity contribution in [2.24, 2.45) is 5.92 Å². The van der Waals surface area contributed by atoms with Gasteiger partial charge in [0.05, 0.1) is 0 Å². The third-order valence-electron chi connectivity index (χ3n) is 5.61. The lowest BCUT2D eigenvalue weighted by atomic mass is 9.83. The van der Waals surface area contributed by atoms with Crippen LogP contribution in [0.5, 0.6) is 0 Å². The SMILES string of the molecule is O=C(NC[C@H]1CCCN2CCCC[C@H]12)c1cc2c(Cl)cccc2[nH]1. The minimum Gasteiger partial charge on any atom is -0.350 e. The number of benzene rings is 1. The fourth-order valence-corrected chi connectivity index (χ4v) is 4.60. The summed E-state index contributed by atoms with van der Waals surface area (Å²) < 4.78 is 0. The summed E-state index contributed by atoms with van der Waals surface area (Å²) in [4.78, 5) is 18.3. The average molecular weight is 346 g/mol. The molecule has 2 atom stereocenters. The van der Waals surface area contributed by atoms with Crippen LogP contribution in [0.25, 0.3) is 10.9 Å². The molecule has 2 saturated heterocycles. The van der Waals surface area contributed by atoms with E-state index in [1.165, 1.54) is 45.2 Å². The first-order valence-electron chi connectivity index (χ1n) is 9.02. The van der Waals surface area contributed by atoms with Crippen LogP contribution in [0.3, 0.4) is 0 Å². The summed E-state index contributed by atoms with van der Waals surface area (Å²) in [6.07, 6.45) is 6.40. The number of piperidine rings is 2. The molecule has 128 valence electrons. The molecule has 0 unspecified atom stereocenters. The Kier molecular flexibility index (Phi) is 4.51. The molecule has 1 aromatic carbocycles. The van der Waals surface area contributed by atoms with Crippen LogP contribution in [-0.4, -0.2) is 41.5 Å². The van der Waals surface area contributed by atoms with Crippen LogP contribution in [-0.2, 0) is 0 Å². The minimum absolute atomic E-state index is 0.0322. The van der Waals surface area contributed by atoms with Crippen molar-refractivity contribution in [1.29, 1.82) is 0 Å². The summed E-state index contributed by atoms with van der Waals surface area (Å²) in [6, 6.07) is 8.19. The standard InChI is InChI=1S/C19H24ClN3O/c20-15-6-3-7-16-14(15)11-17(22-16)19(24)21-12-13-5-4-10-23-9-2-1-8-18(13)23/h3,6-7,11,13,18,22H,1-2,4-5,8-10,12H2,(H,21,24)/t13-,18-/m1/s1. The third-order valence-corrected chi connectivity index (χ3v) is 5.94. The molecule has 5 heteroatoms. The Morgan fingerprint density at radius 2 is 2.12 bits per heavy atom. The average Bonchev–Trinajstić information content (AvgIpc) is 3.05. The molecule has 0 radical (unpaired) electrons. The molecule has 24 heavy (non-hydrogen) atoms. The fraction of sp³-hybridized carbons (Fsp3) is 0.526. The molecule has 0 aliphatic carbocycles. The highest BCUT2D eigenvalue weighted by atomic mass is 35.5. The number of nitrogens with zero attached hydrogens (tertiary/aromatic N) is 1. The number of hydrogen-bond donors (Lipinski definition) is 2. The van der Waals surface area contributed by atoms with E-state index in [1.807, 2.05) is 24.3 Å². The van der Waals surface area contributed by atoms with Crippen LogP contribution in [0, 0.1) is 5.92 Å². The van der Waals surface area contributed by atoms with Gasteiger partial charge < -0.3 is 15.2 Å². The molecule has 4 nitrogen and oxygen atoms in total. The van der Waals surface area contributed by atoms with Crippen LogP contribution >= 0.6 is 11.6 Å². The van der Waals surface area contributed by atoms with Crippen molar-refractivity contribution in [2.75, 3.05) is 19.6 Å². The van der Waals surface area contributed by atoms with Crippen molar-refractivity contribution in [3.8, 4) is 0 Å². The van der Waals surface area contributed by atoms with Gasteiger partial charge >= 0.3 is 0 Å². The molecule has 1 aromatic heterocycles. The molecular weight excluding hydrogens is 322 g/mol. The second-order valence-corrected chi connectivity index (χ2v) is 7.50. The molecule has 2 aliphatic heterocycles. The van der Waals surface area contributed by atoms with E-state index in [0.29, 0.717) is 22.7 Å².